The Labute approximate surface area is 141 Å². The average Bonchev–Trinajstić information content (AvgIpc) is 3.01. The van der Waals surface area contributed by atoms with Crippen LogP contribution in [0.5, 0.6) is 5.75 Å². The van der Waals surface area contributed by atoms with Crippen molar-refractivity contribution in [2.24, 2.45) is 0 Å². The fourth-order valence-electron chi connectivity index (χ4n) is 2.96. The molecule has 3 rings (SSSR count). The van der Waals surface area contributed by atoms with Gasteiger partial charge in [0.05, 0.1) is 13.7 Å². The molecule has 0 aliphatic carbocycles. The number of nitrogens with zero attached hydrogens (tertiary/aromatic N) is 2. The summed E-state index contributed by atoms with van der Waals surface area (Å²) in [5.74, 6) is 2.40. The van der Waals surface area contributed by atoms with E-state index in [4.69, 9.17) is 13.9 Å². The summed E-state index contributed by atoms with van der Waals surface area (Å²) in [6, 6.07) is 7.80. The van der Waals surface area contributed by atoms with Crippen LogP contribution in [0, 0.1) is 0 Å². The monoisotopic (exact) mass is 330 g/mol. The number of hydrogen-bond donors (Lipinski definition) is 0. The molecule has 0 bridgehead atoms. The molecule has 24 heavy (non-hydrogen) atoms. The molecular formula is C18H22N2O4. The Morgan fingerprint density at radius 1 is 1.33 bits per heavy atom. The topological polar surface area (TPSA) is 64.8 Å². The number of ether oxygens (including phenoxy) is 2. The number of carbonyl (C=O) groups excluding carboxylic acids is 1. The van der Waals surface area contributed by atoms with Crippen LogP contribution in [0.3, 0.4) is 0 Å². The molecule has 0 N–H and O–H groups in total. The van der Waals surface area contributed by atoms with Gasteiger partial charge in [-0.2, -0.15) is 0 Å². The molecule has 1 amide bonds. The third-order valence-corrected chi connectivity index (χ3v) is 4.19. The highest BCUT2D eigenvalue weighted by Gasteiger charge is 2.25. The number of oxazole rings is 1. The highest BCUT2D eigenvalue weighted by atomic mass is 16.5. The summed E-state index contributed by atoms with van der Waals surface area (Å²) in [5.41, 5.74) is 1.90. The number of benzene rings is 1. The maximum Gasteiger partial charge on any atom is 0.223 e. The lowest BCUT2D eigenvalue weighted by molar-refractivity contribution is -0.132. The fraction of sp³-hybridized carbons (Fsp3) is 0.444. The van der Waals surface area contributed by atoms with Gasteiger partial charge in [0.15, 0.2) is 0 Å². The van der Waals surface area contributed by atoms with Gasteiger partial charge in [0.2, 0.25) is 11.8 Å². The van der Waals surface area contributed by atoms with Gasteiger partial charge in [-0.05, 0) is 18.1 Å². The van der Waals surface area contributed by atoms with Gasteiger partial charge < -0.3 is 18.8 Å². The van der Waals surface area contributed by atoms with Gasteiger partial charge in [0.1, 0.15) is 23.8 Å². The van der Waals surface area contributed by atoms with Crippen molar-refractivity contribution in [1.29, 1.82) is 0 Å². The number of rotatable bonds is 6. The van der Waals surface area contributed by atoms with Gasteiger partial charge >= 0.3 is 0 Å². The van der Waals surface area contributed by atoms with Crippen molar-refractivity contribution in [3.8, 4) is 5.75 Å². The third kappa shape index (κ3) is 3.59. The number of fused-ring (bicyclic) bond motifs is 1. The minimum atomic E-state index is 0.128. The molecule has 128 valence electrons. The lowest BCUT2D eigenvalue weighted by atomic mass is 10.1. The van der Waals surface area contributed by atoms with E-state index in [-0.39, 0.29) is 5.91 Å². The number of aryl methyl sites for hydroxylation is 1. The van der Waals surface area contributed by atoms with Gasteiger partial charge in [0.25, 0.3) is 0 Å². The van der Waals surface area contributed by atoms with Crippen LogP contribution in [0.25, 0.3) is 0 Å². The number of amides is 1. The molecule has 0 saturated heterocycles. The van der Waals surface area contributed by atoms with Crippen molar-refractivity contribution >= 4 is 5.91 Å². The van der Waals surface area contributed by atoms with E-state index in [1.165, 1.54) is 0 Å². The van der Waals surface area contributed by atoms with E-state index >= 15 is 0 Å². The molecule has 1 aromatic heterocycles. The summed E-state index contributed by atoms with van der Waals surface area (Å²) in [4.78, 5) is 18.8. The highest BCUT2D eigenvalue weighted by Crippen LogP contribution is 2.22. The molecule has 6 nitrogen and oxygen atoms in total. The van der Waals surface area contributed by atoms with E-state index in [2.05, 4.69) is 4.98 Å². The van der Waals surface area contributed by atoms with Crippen molar-refractivity contribution in [2.45, 2.75) is 32.4 Å². The first-order valence-corrected chi connectivity index (χ1v) is 8.07. The molecule has 1 aliphatic heterocycles. The second-order valence-electron chi connectivity index (χ2n) is 5.79. The first kappa shape index (κ1) is 16.5. The smallest absolute Gasteiger partial charge is 0.223 e. The quantitative estimate of drug-likeness (QED) is 0.813. The van der Waals surface area contributed by atoms with E-state index in [0.717, 1.165) is 22.8 Å². The predicted molar refractivity (Wildman–Crippen MR) is 87.7 cm³/mol. The Morgan fingerprint density at radius 2 is 2.17 bits per heavy atom. The van der Waals surface area contributed by atoms with Gasteiger partial charge in [-0.1, -0.05) is 18.2 Å². The largest absolute Gasteiger partial charge is 0.496 e. The van der Waals surface area contributed by atoms with Crippen molar-refractivity contribution in [2.75, 3.05) is 20.8 Å². The summed E-state index contributed by atoms with van der Waals surface area (Å²) in [7, 11) is 3.26. The zero-order chi connectivity index (χ0) is 16.9. The second-order valence-corrected chi connectivity index (χ2v) is 5.79. The second kappa shape index (κ2) is 7.49. The molecule has 1 aliphatic rings. The molecule has 0 spiro atoms. The minimum Gasteiger partial charge on any atom is -0.496 e. The lowest BCUT2D eigenvalue weighted by Crippen LogP contribution is -2.35. The van der Waals surface area contributed by atoms with E-state index in [0.29, 0.717) is 44.8 Å². The van der Waals surface area contributed by atoms with Crippen molar-refractivity contribution in [3.05, 3.63) is 47.2 Å². The third-order valence-electron chi connectivity index (χ3n) is 4.19. The Morgan fingerprint density at radius 3 is 2.96 bits per heavy atom. The van der Waals surface area contributed by atoms with Crippen molar-refractivity contribution < 1.29 is 18.7 Å². The van der Waals surface area contributed by atoms with E-state index < -0.39 is 0 Å². The summed E-state index contributed by atoms with van der Waals surface area (Å²) < 4.78 is 16.0. The standard InChI is InChI=1S/C18H22N2O4/c1-22-12-17-19-14-11-20(10-9-16(14)24-17)18(21)8-7-13-5-3-4-6-15(13)23-2/h3-6H,7-12H2,1-2H3. The van der Waals surface area contributed by atoms with E-state index in [1.54, 1.807) is 14.2 Å². The van der Waals surface area contributed by atoms with Gasteiger partial charge in [-0.3, -0.25) is 4.79 Å². The molecule has 0 saturated carbocycles. The highest BCUT2D eigenvalue weighted by molar-refractivity contribution is 5.76. The van der Waals surface area contributed by atoms with E-state index in [1.807, 2.05) is 29.2 Å². The Balaban J connectivity index is 1.59. The predicted octanol–water partition coefficient (Wildman–Crippen LogP) is 2.35. The maximum atomic E-state index is 12.5. The van der Waals surface area contributed by atoms with Crippen LogP contribution in [0.4, 0.5) is 0 Å². The van der Waals surface area contributed by atoms with Crippen LogP contribution in [-0.2, 0) is 35.5 Å². The Bertz CT molecular complexity index is 711. The molecule has 1 aromatic carbocycles. The Hall–Kier alpha value is -2.34. The molecule has 6 heteroatoms. The SMILES string of the molecule is COCc1nc2c(o1)CCN(C(=O)CCc1ccccc1OC)C2. The molecular weight excluding hydrogens is 308 g/mol. The minimum absolute atomic E-state index is 0.128. The first-order valence-electron chi connectivity index (χ1n) is 8.07. The van der Waals surface area contributed by atoms with Gasteiger partial charge in [0, 0.05) is 26.5 Å². The van der Waals surface area contributed by atoms with Gasteiger partial charge in [-0.15, -0.1) is 0 Å². The molecule has 2 aromatic rings. The van der Waals surface area contributed by atoms with Crippen LogP contribution in [0.2, 0.25) is 0 Å². The zero-order valence-corrected chi connectivity index (χ0v) is 14.1. The summed E-state index contributed by atoms with van der Waals surface area (Å²) in [6.45, 7) is 1.53. The van der Waals surface area contributed by atoms with Crippen LogP contribution < -0.4 is 4.74 Å². The fourth-order valence-corrected chi connectivity index (χ4v) is 2.96. The maximum absolute atomic E-state index is 12.5. The summed E-state index contributed by atoms with van der Waals surface area (Å²) >= 11 is 0. The number of carbonyl (C=O) groups is 1. The normalized spacial score (nSPS) is 13.7. The molecule has 0 fully saturated rings. The number of para-hydroxylation sites is 1. The molecule has 0 atom stereocenters. The van der Waals surface area contributed by atoms with Crippen molar-refractivity contribution in [1.82, 2.24) is 9.88 Å². The Kier molecular flexibility index (Phi) is 5.15. The molecule has 2 heterocycles. The number of aromatic nitrogens is 1. The number of hydrogen-bond acceptors (Lipinski definition) is 5. The van der Waals surface area contributed by atoms with Crippen LogP contribution >= 0.6 is 0 Å². The van der Waals surface area contributed by atoms with Crippen LogP contribution in [0.15, 0.2) is 28.7 Å². The average molecular weight is 330 g/mol. The lowest BCUT2D eigenvalue weighted by Gasteiger charge is -2.25. The van der Waals surface area contributed by atoms with E-state index in [9.17, 15) is 4.79 Å². The van der Waals surface area contributed by atoms with Crippen LogP contribution in [-0.4, -0.2) is 36.6 Å². The molecule has 0 unspecified atom stereocenters. The first-order chi connectivity index (χ1) is 11.7. The zero-order valence-electron chi connectivity index (χ0n) is 14.1. The summed E-state index contributed by atoms with van der Waals surface area (Å²) in [5, 5.41) is 0. The van der Waals surface area contributed by atoms with Gasteiger partial charge in [-0.25, -0.2) is 4.98 Å². The van der Waals surface area contributed by atoms with Crippen molar-refractivity contribution in [3.63, 3.8) is 0 Å². The number of methoxy groups -OCH3 is 2. The van der Waals surface area contributed by atoms with Crippen LogP contribution in [0.1, 0.15) is 29.3 Å². The summed E-state index contributed by atoms with van der Waals surface area (Å²) in [6.07, 6.45) is 1.82. The molecule has 0 radical (unpaired) electrons.